The molecule has 0 radical (unpaired) electrons. The van der Waals surface area contributed by atoms with Gasteiger partial charge in [0, 0.05) is 17.0 Å². The van der Waals surface area contributed by atoms with Gasteiger partial charge in [0.25, 0.3) is 0 Å². The van der Waals surface area contributed by atoms with Crippen molar-refractivity contribution in [3.05, 3.63) is 23.3 Å². The summed E-state index contributed by atoms with van der Waals surface area (Å²) in [6.07, 6.45) is 4.30. The summed E-state index contributed by atoms with van der Waals surface area (Å²) >= 11 is 0. The summed E-state index contributed by atoms with van der Waals surface area (Å²) in [7, 11) is 3.99. The highest BCUT2D eigenvalue weighted by molar-refractivity contribution is 5.61. The molecule has 1 aromatic carbocycles. The monoisotopic (exact) mass is 359 g/mol. The highest BCUT2D eigenvalue weighted by Crippen LogP contribution is 2.65. The number of rotatable bonds is 4. The minimum Gasteiger partial charge on any atom is -0.493 e. The van der Waals surface area contributed by atoms with Crippen LogP contribution in [0.15, 0.2) is 12.1 Å². The lowest BCUT2D eigenvalue weighted by molar-refractivity contribution is -0.179. The minimum atomic E-state index is -0.377. The summed E-state index contributed by atoms with van der Waals surface area (Å²) < 4.78 is 18.6. The van der Waals surface area contributed by atoms with Crippen molar-refractivity contribution < 1.29 is 19.3 Å². The molecule has 1 unspecified atom stereocenters. The van der Waals surface area contributed by atoms with Crippen molar-refractivity contribution in [1.82, 2.24) is 4.90 Å². The first kappa shape index (κ1) is 16.8. The van der Waals surface area contributed by atoms with Crippen LogP contribution in [0, 0.1) is 5.92 Å². The van der Waals surface area contributed by atoms with Crippen LogP contribution < -0.4 is 9.47 Å². The van der Waals surface area contributed by atoms with Crippen molar-refractivity contribution in [2.24, 2.45) is 5.92 Å². The number of hydrogen-bond donors (Lipinski definition) is 1. The normalized spacial score (nSPS) is 40.1. The lowest BCUT2D eigenvalue weighted by Gasteiger charge is -2.61. The summed E-state index contributed by atoms with van der Waals surface area (Å²) in [5.41, 5.74) is 2.45. The van der Waals surface area contributed by atoms with Crippen molar-refractivity contribution in [2.45, 2.75) is 55.8 Å². The SMILES string of the molecule is COc1ccc2c3c1O[C@H]1[C@@](C)(OCCO)CCC4[C@@H](C2)N(C)CC[C@@]341. The van der Waals surface area contributed by atoms with Crippen LogP contribution in [0.2, 0.25) is 0 Å². The number of piperidine rings is 1. The molecular weight excluding hydrogens is 330 g/mol. The third-order valence-electron chi connectivity index (χ3n) is 7.63. The highest BCUT2D eigenvalue weighted by Gasteiger charge is 2.68. The van der Waals surface area contributed by atoms with E-state index in [0.29, 0.717) is 18.6 Å². The second-order valence-electron chi connectivity index (χ2n) is 8.70. The molecule has 26 heavy (non-hydrogen) atoms. The predicted molar refractivity (Wildman–Crippen MR) is 98.0 cm³/mol. The second-order valence-corrected chi connectivity index (χ2v) is 8.70. The number of likely N-dealkylation sites (tertiary alicyclic amines) is 1. The fourth-order valence-corrected chi connectivity index (χ4v) is 6.56. The van der Waals surface area contributed by atoms with E-state index in [1.54, 1.807) is 7.11 Å². The van der Waals surface area contributed by atoms with Gasteiger partial charge in [0.15, 0.2) is 11.5 Å². The molecule has 5 heteroatoms. The molecule has 0 aromatic heterocycles. The van der Waals surface area contributed by atoms with Gasteiger partial charge in [-0.3, -0.25) is 0 Å². The molecule has 1 saturated heterocycles. The number of aliphatic hydroxyl groups excluding tert-OH is 1. The number of hydrogen-bond acceptors (Lipinski definition) is 5. The Morgan fingerprint density at radius 3 is 2.96 bits per heavy atom. The summed E-state index contributed by atoms with van der Waals surface area (Å²) in [4.78, 5) is 2.55. The lowest BCUT2D eigenvalue weighted by atomic mass is 9.49. The Morgan fingerprint density at radius 1 is 1.35 bits per heavy atom. The highest BCUT2D eigenvalue weighted by atomic mass is 16.6. The smallest absolute Gasteiger partial charge is 0.165 e. The van der Waals surface area contributed by atoms with Crippen molar-refractivity contribution >= 4 is 0 Å². The first-order valence-corrected chi connectivity index (χ1v) is 9.87. The molecular formula is C21H29NO4. The zero-order chi connectivity index (χ0) is 18.1. The van der Waals surface area contributed by atoms with Crippen LogP contribution >= 0.6 is 0 Å². The largest absolute Gasteiger partial charge is 0.493 e. The lowest BCUT2D eigenvalue weighted by Crippen LogP contribution is -2.69. The summed E-state index contributed by atoms with van der Waals surface area (Å²) in [6, 6.07) is 4.88. The van der Waals surface area contributed by atoms with Gasteiger partial charge in [0.1, 0.15) is 11.7 Å². The number of methoxy groups -OCH3 is 1. The first-order valence-electron chi connectivity index (χ1n) is 9.87. The van der Waals surface area contributed by atoms with E-state index in [-0.39, 0.29) is 23.7 Å². The van der Waals surface area contributed by atoms with Crippen LogP contribution in [0.3, 0.4) is 0 Å². The van der Waals surface area contributed by atoms with Gasteiger partial charge >= 0.3 is 0 Å². The van der Waals surface area contributed by atoms with Crippen molar-refractivity contribution in [3.63, 3.8) is 0 Å². The van der Waals surface area contributed by atoms with E-state index in [9.17, 15) is 5.11 Å². The average Bonchev–Trinajstić information content (AvgIpc) is 3.00. The van der Waals surface area contributed by atoms with Crippen LogP contribution in [0.1, 0.15) is 37.3 Å². The fraction of sp³-hybridized carbons (Fsp3) is 0.714. The van der Waals surface area contributed by atoms with Gasteiger partial charge in [-0.1, -0.05) is 6.07 Å². The third kappa shape index (κ3) is 1.92. The Hall–Kier alpha value is -1.30. The Kier molecular flexibility index (Phi) is 3.63. The van der Waals surface area contributed by atoms with E-state index in [4.69, 9.17) is 14.2 Å². The molecule has 142 valence electrons. The topological polar surface area (TPSA) is 51.2 Å². The average molecular weight is 359 g/mol. The maximum absolute atomic E-state index is 9.33. The number of benzene rings is 1. The Bertz CT molecular complexity index is 737. The number of nitrogens with zero attached hydrogens (tertiary/aromatic N) is 1. The van der Waals surface area contributed by atoms with Gasteiger partial charge in [-0.15, -0.1) is 0 Å². The van der Waals surface area contributed by atoms with Gasteiger partial charge in [0.2, 0.25) is 0 Å². The Labute approximate surface area is 155 Å². The third-order valence-corrected chi connectivity index (χ3v) is 7.63. The van der Waals surface area contributed by atoms with Crippen molar-refractivity contribution in [1.29, 1.82) is 0 Å². The van der Waals surface area contributed by atoms with Gasteiger partial charge in [-0.25, -0.2) is 0 Å². The molecule has 1 N–H and O–H groups in total. The van der Waals surface area contributed by atoms with Gasteiger partial charge in [-0.05, 0) is 63.7 Å². The van der Waals surface area contributed by atoms with Gasteiger partial charge in [0.05, 0.1) is 20.3 Å². The minimum absolute atomic E-state index is 0.0110. The van der Waals surface area contributed by atoms with Crippen LogP contribution in [0.25, 0.3) is 0 Å². The molecule has 4 aliphatic rings. The van der Waals surface area contributed by atoms with Crippen LogP contribution in [0.5, 0.6) is 11.5 Å². The standard InChI is InChI=1S/C21H29NO4/c1-20(25-11-10-23)7-6-14-15-12-13-4-5-16(24-3)18-17(13)21(14,19(20)26-18)8-9-22(15)2/h4-5,14-15,19,23H,6-12H2,1-3H3/t14?,15-,19+,20+,21+/m1/s1. The Balaban J connectivity index is 1.71. The molecule has 5 rings (SSSR count). The van der Waals surface area contributed by atoms with E-state index in [2.05, 4.69) is 31.0 Å². The molecule has 1 aromatic rings. The predicted octanol–water partition coefficient (Wildman–Crippen LogP) is 2.13. The molecule has 0 amide bonds. The first-order chi connectivity index (χ1) is 12.5. The zero-order valence-corrected chi connectivity index (χ0v) is 16.0. The molecule has 1 spiro atoms. The van der Waals surface area contributed by atoms with Gasteiger partial charge < -0.3 is 24.2 Å². The molecule has 2 bridgehead atoms. The van der Waals surface area contributed by atoms with E-state index in [0.717, 1.165) is 43.7 Å². The number of likely N-dealkylation sites (N-methyl/N-ethyl adjacent to an activating group) is 1. The molecule has 5 nitrogen and oxygen atoms in total. The van der Waals surface area contributed by atoms with Crippen molar-refractivity contribution in [3.8, 4) is 11.5 Å². The summed E-state index contributed by atoms with van der Waals surface area (Å²) in [5.74, 6) is 2.38. The second kappa shape index (κ2) is 5.60. The van der Waals surface area contributed by atoms with E-state index < -0.39 is 0 Å². The molecule has 5 atom stereocenters. The number of aliphatic hydroxyl groups is 1. The number of ether oxygens (including phenoxy) is 3. The van der Waals surface area contributed by atoms with Crippen molar-refractivity contribution in [2.75, 3.05) is 33.9 Å². The van der Waals surface area contributed by atoms with E-state index in [1.165, 1.54) is 11.1 Å². The molecule has 2 fully saturated rings. The molecule has 1 saturated carbocycles. The van der Waals surface area contributed by atoms with Crippen LogP contribution in [-0.2, 0) is 16.6 Å². The maximum Gasteiger partial charge on any atom is 0.165 e. The Morgan fingerprint density at radius 2 is 2.19 bits per heavy atom. The molecule has 2 heterocycles. The summed E-state index contributed by atoms with van der Waals surface area (Å²) in [5, 5.41) is 9.33. The maximum atomic E-state index is 9.33. The summed E-state index contributed by atoms with van der Waals surface area (Å²) in [6.45, 7) is 3.68. The zero-order valence-electron chi connectivity index (χ0n) is 16.0. The fourth-order valence-electron chi connectivity index (χ4n) is 6.56. The molecule has 2 aliphatic heterocycles. The van der Waals surface area contributed by atoms with Crippen LogP contribution in [0.4, 0.5) is 0 Å². The van der Waals surface area contributed by atoms with Crippen LogP contribution in [-0.4, -0.2) is 61.7 Å². The molecule has 2 aliphatic carbocycles. The van der Waals surface area contributed by atoms with Gasteiger partial charge in [-0.2, -0.15) is 0 Å². The quantitative estimate of drug-likeness (QED) is 0.893. The van der Waals surface area contributed by atoms with E-state index in [1.807, 2.05) is 0 Å². The van der Waals surface area contributed by atoms with E-state index >= 15 is 0 Å².